The molecule has 0 atom stereocenters. The molecule has 2 amide bonds. The molecule has 19 heavy (non-hydrogen) atoms. The van der Waals surface area contributed by atoms with Crippen LogP contribution in [-0.4, -0.2) is 55.3 Å². The highest BCUT2D eigenvalue weighted by Gasteiger charge is 2.25. The Balaban J connectivity index is 1.73. The van der Waals surface area contributed by atoms with Crippen molar-refractivity contribution in [1.29, 1.82) is 0 Å². The molecule has 5 heteroatoms. The maximum absolute atomic E-state index is 12.5. The molecule has 2 aliphatic heterocycles. The normalized spacial score (nSPS) is 19.4. The monoisotopic (exact) mass is 262 g/mol. The van der Waals surface area contributed by atoms with Gasteiger partial charge in [0.2, 0.25) is 0 Å². The first kappa shape index (κ1) is 12.3. The molecule has 1 saturated heterocycles. The van der Waals surface area contributed by atoms with Crippen molar-refractivity contribution in [3.8, 4) is 5.75 Å². The van der Waals surface area contributed by atoms with Gasteiger partial charge in [0.25, 0.3) is 0 Å². The SMILES string of the molecule is O=C(N1CCOCC1)N1CCOc2ccccc2C1. The fourth-order valence-corrected chi connectivity index (χ4v) is 2.44. The van der Waals surface area contributed by atoms with Crippen LogP contribution in [0.25, 0.3) is 0 Å². The molecule has 0 radical (unpaired) electrons. The highest BCUT2D eigenvalue weighted by atomic mass is 16.5. The highest BCUT2D eigenvalue weighted by molar-refractivity contribution is 5.74. The number of carbonyl (C=O) groups excluding carboxylic acids is 1. The minimum absolute atomic E-state index is 0.0867. The molecule has 1 fully saturated rings. The summed E-state index contributed by atoms with van der Waals surface area (Å²) in [7, 11) is 0. The van der Waals surface area contributed by atoms with E-state index in [1.165, 1.54) is 0 Å². The van der Waals surface area contributed by atoms with Gasteiger partial charge in [0, 0.05) is 18.7 Å². The molecule has 3 rings (SSSR count). The van der Waals surface area contributed by atoms with Crippen molar-refractivity contribution in [2.45, 2.75) is 6.54 Å². The maximum Gasteiger partial charge on any atom is 0.320 e. The molecule has 0 unspecified atom stereocenters. The fourth-order valence-electron chi connectivity index (χ4n) is 2.44. The van der Waals surface area contributed by atoms with Gasteiger partial charge in [-0.3, -0.25) is 0 Å². The van der Waals surface area contributed by atoms with E-state index in [-0.39, 0.29) is 6.03 Å². The molecule has 1 aromatic carbocycles. The maximum atomic E-state index is 12.5. The number of fused-ring (bicyclic) bond motifs is 1. The van der Waals surface area contributed by atoms with Crippen molar-refractivity contribution in [3.05, 3.63) is 29.8 Å². The van der Waals surface area contributed by atoms with Gasteiger partial charge >= 0.3 is 6.03 Å². The molecule has 0 spiro atoms. The number of carbonyl (C=O) groups is 1. The summed E-state index contributed by atoms with van der Waals surface area (Å²) in [6, 6.07) is 7.99. The van der Waals surface area contributed by atoms with Crippen LogP contribution in [0.2, 0.25) is 0 Å². The summed E-state index contributed by atoms with van der Waals surface area (Å²) in [5, 5.41) is 0. The first-order chi connectivity index (χ1) is 9.34. The Morgan fingerprint density at radius 3 is 2.58 bits per heavy atom. The Labute approximate surface area is 112 Å². The fraction of sp³-hybridized carbons (Fsp3) is 0.500. The van der Waals surface area contributed by atoms with E-state index in [0.717, 1.165) is 11.3 Å². The molecule has 0 aliphatic carbocycles. The zero-order chi connectivity index (χ0) is 13.1. The van der Waals surface area contributed by atoms with E-state index in [9.17, 15) is 4.79 Å². The quantitative estimate of drug-likeness (QED) is 0.708. The minimum atomic E-state index is 0.0867. The van der Waals surface area contributed by atoms with Crippen LogP contribution in [0.3, 0.4) is 0 Å². The second-order valence-corrected chi connectivity index (χ2v) is 4.76. The van der Waals surface area contributed by atoms with Crippen molar-refractivity contribution in [3.63, 3.8) is 0 Å². The van der Waals surface area contributed by atoms with E-state index >= 15 is 0 Å². The number of morpholine rings is 1. The smallest absolute Gasteiger partial charge is 0.320 e. The van der Waals surface area contributed by atoms with E-state index in [4.69, 9.17) is 9.47 Å². The zero-order valence-electron chi connectivity index (χ0n) is 10.9. The number of para-hydroxylation sites is 1. The van der Waals surface area contributed by atoms with Crippen LogP contribution in [0.1, 0.15) is 5.56 Å². The van der Waals surface area contributed by atoms with Crippen molar-refractivity contribution in [2.24, 2.45) is 0 Å². The topological polar surface area (TPSA) is 42.0 Å². The van der Waals surface area contributed by atoms with Crippen molar-refractivity contribution in [1.82, 2.24) is 9.80 Å². The molecule has 102 valence electrons. The molecule has 0 bridgehead atoms. The second-order valence-electron chi connectivity index (χ2n) is 4.76. The van der Waals surface area contributed by atoms with E-state index < -0.39 is 0 Å². The summed E-state index contributed by atoms with van der Waals surface area (Å²) in [4.78, 5) is 16.2. The third-order valence-corrected chi connectivity index (χ3v) is 3.50. The van der Waals surface area contributed by atoms with Crippen LogP contribution in [0, 0.1) is 0 Å². The third-order valence-electron chi connectivity index (χ3n) is 3.50. The van der Waals surface area contributed by atoms with Gasteiger partial charge in [-0.25, -0.2) is 4.79 Å². The van der Waals surface area contributed by atoms with Crippen LogP contribution >= 0.6 is 0 Å². The van der Waals surface area contributed by atoms with Crippen LogP contribution in [-0.2, 0) is 11.3 Å². The predicted octanol–water partition coefficient (Wildman–Crippen LogP) is 1.33. The Bertz CT molecular complexity index is 458. The Kier molecular flexibility index (Phi) is 3.55. The van der Waals surface area contributed by atoms with Crippen molar-refractivity contribution >= 4 is 6.03 Å². The number of benzene rings is 1. The van der Waals surface area contributed by atoms with Gasteiger partial charge in [-0.1, -0.05) is 18.2 Å². The van der Waals surface area contributed by atoms with Gasteiger partial charge in [0.15, 0.2) is 0 Å². The minimum Gasteiger partial charge on any atom is -0.491 e. The number of rotatable bonds is 0. The lowest BCUT2D eigenvalue weighted by Crippen LogP contribution is -2.48. The van der Waals surface area contributed by atoms with Gasteiger partial charge in [-0.15, -0.1) is 0 Å². The van der Waals surface area contributed by atoms with Gasteiger partial charge in [-0.05, 0) is 6.07 Å². The van der Waals surface area contributed by atoms with E-state index in [1.54, 1.807) is 0 Å². The van der Waals surface area contributed by atoms with Crippen LogP contribution in [0.4, 0.5) is 4.79 Å². The van der Waals surface area contributed by atoms with Crippen LogP contribution in [0.15, 0.2) is 24.3 Å². The van der Waals surface area contributed by atoms with Crippen LogP contribution < -0.4 is 4.74 Å². The Hall–Kier alpha value is -1.75. The van der Waals surface area contributed by atoms with Crippen LogP contribution in [0.5, 0.6) is 5.75 Å². The molecule has 2 heterocycles. The molecule has 0 saturated carbocycles. The first-order valence-corrected chi connectivity index (χ1v) is 6.67. The third kappa shape index (κ3) is 2.66. The Morgan fingerprint density at radius 1 is 1.00 bits per heavy atom. The molecule has 0 aromatic heterocycles. The summed E-state index contributed by atoms with van der Waals surface area (Å²) < 4.78 is 11.0. The zero-order valence-corrected chi connectivity index (χ0v) is 10.9. The average Bonchev–Trinajstić information content (AvgIpc) is 2.69. The number of hydrogen-bond acceptors (Lipinski definition) is 3. The molecular formula is C14H18N2O3. The predicted molar refractivity (Wildman–Crippen MR) is 70.1 cm³/mol. The van der Waals surface area contributed by atoms with Gasteiger partial charge in [0.05, 0.1) is 26.3 Å². The van der Waals surface area contributed by atoms with Gasteiger partial charge in [-0.2, -0.15) is 0 Å². The van der Waals surface area contributed by atoms with E-state index in [1.807, 2.05) is 34.1 Å². The number of amides is 2. The largest absolute Gasteiger partial charge is 0.491 e. The lowest BCUT2D eigenvalue weighted by molar-refractivity contribution is 0.0422. The Morgan fingerprint density at radius 2 is 1.74 bits per heavy atom. The summed E-state index contributed by atoms with van der Waals surface area (Å²) in [6.07, 6.45) is 0. The molecule has 5 nitrogen and oxygen atoms in total. The van der Waals surface area contributed by atoms with Crippen molar-refractivity contribution in [2.75, 3.05) is 39.5 Å². The molecule has 1 aromatic rings. The lowest BCUT2D eigenvalue weighted by atomic mass is 10.2. The summed E-state index contributed by atoms with van der Waals surface area (Å²) in [5.41, 5.74) is 1.07. The van der Waals surface area contributed by atoms with Gasteiger partial charge in [0.1, 0.15) is 12.4 Å². The second kappa shape index (κ2) is 5.48. The van der Waals surface area contributed by atoms with Crippen molar-refractivity contribution < 1.29 is 14.3 Å². The lowest BCUT2D eigenvalue weighted by Gasteiger charge is -2.32. The number of ether oxygens (including phenoxy) is 2. The molecule has 0 N–H and O–H groups in total. The summed E-state index contributed by atoms with van der Waals surface area (Å²) >= 11 is 0. The number of urea groups is 1. The van der Waals surface area contributed by atoms with E-state index in [2.05, 4.69) is 0 Å². The summed E-state index contributed by atoms with van der Waals surface area (Å²) in [5.74, 6) is 0.889. The van der Waals surface area contributed by atoms with E-state index in [0.29, 0.717) is 46.0 Å². The first-order valence-electron chi connectivity index (χ1n) is 6.67. The molecule has 2 aliphatic rings. The molecular weight excluding hydrogens is 244 g/mol. The summed E-state index contributed by atoms with van der Waals surface area (Å²) in [6.45, 7) is 4.42. The average molecular weight is 262 g/mol. The van der Waals surface area contributed by atoms with Gasteiger partial charge < -0.3 is 19.3 Å². The number of nitrogens with zero attached hydrogens (tertiary/aromatic N) is 2. The standard InChI is InChI=1S/C14H18N2O3/c17-14(15-5-8-18-9-6-15)16-7-10-19-13-4-2-1-3-12(13)11-16/h1-4H,5-11H2. The highest BCUT2D eigenvalue weighted by Crippen LogP contribution is 2.23. The number of hydrogen-bond donors (Lipinski definition) is 0.